The monoisotopic (exact) mass is 447 g/mol. The van der Waals surface area contributed by atoms with E-state index in [0.717, 1.165) is 22.3 Å². The van der Waals surface area contributed by atoms with Gasteiger partial charge in [0.25, 0.3) is 11.5 Å². The molecule has 7 nitrogen and oxygen atoms in total. The number of amides is 1. The fourth-order valence-corrected chi connectivity index (χ4v) is 4.14. The van der Waals surface area contributed by atoms with Gasteiger partial charge in [0.15, 0.2) is 5.82 Å². The molecule has 164 valence electrons. The van der Waals surface area contributed by atoms with Crippen LogP contribution in [0.3, 0.4) is 0 Å². The Bertz CT molecular complexity index is 1310. The summed E-state index contributed by atoms with van der Waals surface area (Å²) in [7, 11) is 0. The average molecular weight is 448 g/mol. The average Bonchev–Trinajstić information content (AvgIpc) is 3.09. The number of H-pyrrole nitrogens is 2. The molecule has 3 aromatic heterocycles. The van der Waals surface area contributed by atoms with E-state index in [1.807, 2.05) is 37.4 Å². The second-order valence-electron chi connectivity index (χ2n) is 7.68. The van der Waals surface area contributed by atoms with E-state index in [-0.39, 0.29) is 11.5 Å². The molecular weight excluding hydrogens is 422 g/mol. The number of hydrogen-bond donors (Lipinski definition) is 3. The Kier molecular flexibility index (Phi) is 6.41. The summed E-state index contributed by atoms with van der Waals surface area (Å²) in [6, 6.07) is 12.1. The standard InChI is InChI=1S/C24H25N5O2S/c1-14-15(2)26-20-12-16(7-8-17(14)20)24(31)28-18(9-11-32-3)21-13-22(30)29-23(27-21)19-6-4-5-10-25-19/h4-8,10,12-13,18,26H,9,11H2,1-3H3,(H,28,31)(H,27,29,30)/t18-/m1/s1. The van der Waals surface area contributed by atoms with Crippen molar-refractivity contribution in [1.82, 2.24) is 25.3 Å². The largest absolute Gasteiger partial charge is 0.358 e. The second kappa shape index (κ2) is 9.40. The summed E-state index contributed by atoms with van der Waals surface area (Å²) in [5.41, 5.74) is 4.57. The minimum atomic E-state index is -0.400. The number of thioether (sulfide) groups is 1. The quantitative estimate of drug-likeness (QED) is 0.395. The van der Waals surface area contributed by atoms with Crippen molar-refractivity contribution < 1.29 is 4.79 Å². The summed E-state index contributed by atoms with van der Waals surface area (Å²) in [6.07, 6.45) is 4.30. The van der Waals surface area contributed by atoms with Crippen molar-refractivity contribution in [3.63, 3.8) is 0 Å². The van der Waals surface area contributed by atoms with Crippen LogP contribution in [-0.4, -0.2) is 37.9 Å². The highest BCUT2D eigenvalue weighted by atomic mass is 32.2. The molecule has 0 unspecified atom stereocenters. The van der Waals surface area contributed by atoms with Crippen molar-refractivity contribution in [3.8, 4) is 11.5 Å². The molecule has 0 spiro atoms. The zero-order valence-electron chi connectivity index (χ0n) is 18.2. The normalized spacial score (nSPS) is 12.1. The van der Waals surface area contributed by atoms with Crippen LogP contribution in [0.2, 0.25) is 0 Å². The number of nitrogens with zero attached hydrogens (tertiary/aromatic N) is 2. The number of aromatic nitrogens is 4. The molecular formula is C24H25N5O2S. The Hall–Kier alpha value is -3.39. The number of benzene rings is 1. The van der Waals surface area contributed by atoms with E-state index < -0.39 is 6.04 Å². The molecule has 4 rings (SSSR count). The van der Waals surface area contributed by atoms with Crippen LogP contribution in [0.1, 0.15) is 39.8 Å². The molecule has 0 fully saturated rings. The molecule has 0 aliphatic carbocycles. The Morgan fingerprint density at radius 1 is 1.16 bits per heavy atom. The van der Waals surface area contributed by atoms with Crippen molar-refractivity contribution >= 4 is 28.6 Å². The summed E-state index contributed by atoms with van der Waals surface area (Å²) in [4.78, 5) is 40.4. The van der Waals surface area contributed by atoms with Gasteiger partial charge in [-0.15, -0.1) is 0 Å². The molecule has 0 saturated heterocycles. The molecule has 3 heterocycles. The van der Waals surface area contributed by atoms with Gasteiger partial charge in [-0.05, 0) is 62.1 Å². The lowest BCUT2D eigenvalue weighted by Crippen LogP contribution is -2.30. The summed E-state index contributed by atoms with van der Waals surface area (Å²) in [6.45, 7) is 4.08. The van der Waals surface area contributed by atoms with Gasteiger partial charge in [-0.1, -0.05) is 12.1 Å². The van der Waals surface area contributed by atoms with Crippen LogP contribution < -0.4 is 10.9 Å². The van der Waals surface area contributed by atoms with Crippen molar-refractivity contribution in [1.29, 1.82) is 0 Å². The Morgan fingerprint density at radius 3 is 2.75 bits per heavy atom. The van der Waals surface area contributed by atoms with Gasteiger partial charge in [-0.25, -0.2) is 4.98 Å². The number of aryl methyl sites for hydroxylation is 2. The summed E-state index contributed by atoms with van der Waals surface area (Å²) in [5.74, 6) is 0.992. The number of carbonyl (C=O) groups excluding carboxylic acids is 1. The molecule has 8 heteroatoms. The summed E-state index contributed by atoms with van der Waals surface area (Å²) >= 11 is 1.68. The predicted molar refractivity (Wildman–Crippen MR) is 129 cm³/mol. The summed E-state index contributed by atoms with van der Waals surface area (Å²) in [5, 5.41) is 4.18. The smallest absolute Gasteiger partial charge is 0.251 e. The number of rotatable bonds is 7. The molecule has 0 radical (unpaired) electrons. The van der Waals surface area contributed by atoms with Crippen molar-refractivity contribution in [2.24, 2.45) is 0 Å². The van der Waals surface area contributed by atoms with Crippen LogP contribution in [0, 0.1) is 13.8 Å². The minimum Gasteiger partial charge on any atom is -0.358 e. The van der Waals surface area contributed by atoms with Gasteiger partial charge in [0, 0.05) is 34.4 Å². The lowest BCUT2D eigenvalue weighted by Gasteiger charge is -2.18. The Labute approximate surface area is 190 Å². The molecule has 0 saturated carbocycles. The van der Waals surface area contributed by atoms with Gasteiger partial charge in [-0.2, -0.15) is 11.8 Å². The van der Waals surface area contributed by atoms with Gasteiger partial charge in [-0.3, -0.25) is 14.6 Å². The molecule has 1 aromatic carbocycles. The van der Waals surface area contributed by atoms with Crippen molar-refractivity contribution in [2.75, 3.05) is 12.0 Å². The third-order valence-electron chi connectivity index (χ3n) is 5.51. The maximum absolute atomic E-state index is 13.1. The molecule has 0 bridgehead atoms. The highest BCUT2D eigenvalue weighted by Gasteiger charge is 2.19. The summed E-state index contributed by atoms with van der Waals surface area (Å²) < 4.78 is 0. The number of fused-ring (bicyclic) bond motifs is 1. The first-order valence-corrected chi connectivity index (χ1v) is 11.8. The van der Waals surface area contributed by atoms with E-state index in [9.17, 15) is 9.59 Å². The Balaban J connectivity index is 1.65. The molecule has 1 amide bonds. The third-order valence-corrected chi connectivity index (χ3v) is 6.16. The van der Waals surface area contributed by atoms with E-state index in [4.69, 9.17) is 0 Å². The van der Waals surface area contributed by atoms with Crippen LogP contribution in [0.5, 0.6) is 0 Å². The van der Waals surface area contributed by atoms with Gasteiger partial charge >= 0.3 is 0 Å². The van der Waals surface area contributed by atoms with Crippen LogP contribution in [0.15, 0.2) is 53.5 Å². The van der Waals surface area contributed by atoms with Crippen LogP contribution in [0.4, 0.5) is 0 Å². The van der Waals surface area contributed by atoms with Crippen LogP contribution in [-0.2, 0) is 0 Å². The van der Waals surface area contributed by atoms with E-state index in [1.165, 1.54) is 11.6 Å². The molecule has 3 N–H and O–H groups in total. The van der Waals surface area contributed by atoms with E-state index >= 15 is 0 Å². The topological polar surface area (TPSA) is 104 Å². The maximum atomic E-state index is 13.1. The number of pyridine rings is 1. The van der Waals surface area contributed by atoms with E-state index in [2.05, 4.69) is 32.2 Å². The Morgan fingerprint density at radius 2 is 2.00 bits per heavy atom. The lowest BCUT2D eigenvalue weighted by atomic mass is 10.1. The van der Waals surface area contributed by atoms with Gasteiger partial charge in [0.05, 0.1) is 11.7 Å². The zero-order chi connectivity index (χ0) is 22.7. The highest BCUT2D eigenvalue weighted by molar-refractivity contribution is 7.98. The fourth-order valence-electron chi connectivity index (χ4n) is 3.66. The van der Waals surface area contributed by atoms with Crippen molar-refractivity contribution in [3.05, 3.63) is 81.5 Å². The minimum absolute atomic E-state index is 0.204. The van der Waals surface area contributed by atoms with Crippen molar-refractivity contribution in [2.45, 2.75) is 26.3 Å². The van der Waals surface area contributed by atoms with E-state index in [1.54, 1.807) is 30.1 Å². The van der Waals surface area contributed by atoms with E-state index in [0.29, 0.717) is 29.2 Å². The first kappa shape index (κ1) is 21.8. The predicted octanol–water partition coefficient (Wildman–Crippen LogP) is 4.15. The van der Waals surface area contributed by atoms with Gasteiger partial charge < -0.3 is 15.3 Å². The number of nitrogens with one attached hydrogen (secondary N) is 3. The number of aromatic amines is 2. The number of carbonyl (C=O) groups is 1. The third kappa shape index (κ3) is 4.60. The first-order valence-electron chi connectivity index (χ1n) is 10.4. The van der Waals surface area contributed by atoms with Crippen LogP contribution in [0.25, 0.3) is 22.4 Å². The second-order valence-corrected chi connectivity index (χ2v) is 8.66. The van der Waals surface area contributed by atoms with Gasteiger partial charge in [0.1, 0.15) is 5.69 Å². The van der Waals surface area contributed by atoms with Gasteiger partial charge in [0.2, 0.25) is 0 Å². The molecule has 0 aliphatic rings. The van der Waals surface area contributed by atoms with Crippen LogP contribution >= 0.6 is 11.8 Å². The maximum Gasteiger partial charge on any atom is 0.251 e. The fraction of sp³-hybridized carbons (Fsp3) is 0.250. The highest BCUT2D eigenvalue weighted by Crippen LogP contribution is 2.23. The SMILES string of the molecule is CSCC[C@@H](NC(=O)c1ccc2c(C)c(C)[nH]c2c1)c1cc(=O)[nH]c(-c2ccccn2)n1. The molecule has 32 heavy (non-hydrogen) atoms. The first-order chi connectivity index (χ1) is 15.5. The molecule has 0 aliphatic heterocycles. The molecule has 4 aromatic rings. The molecule has 1 atom stereocenters. The zero-order valence-corrected chi connectivity index (χ0v) is 19.0. The number of hydrogen-bond acceptors (Lipinski definition) is 5. The lowest BCUT2D eigenvalue weighted by molar-refractivity contribution is 0.0935.